The van der Waals surface area contributed by atoms with Crippen molar-refractivity contribution in [3.8, 4) is 0 Å². The molecule has 0 aliphatic carbocycles. The largest absolute Gasteiger partial charge is 0.341 e. The van der Waals surface area contributed by atoms with Gasteiger partial charge >= 0.3 is 0 Å². The SMILES string of the molecule is CN(Cc1ccc(Cl)s1)C(=O)CCn1cc(Br)ccc1=O. The summed E-state index contributed by atoms with van der Waals surface area (Å²) in [5.74, 6) is -0.00796. The van der Waals surface area contributed by atoms with Crippen LogP contribution >= 0.6 is 38.9 Å². The average Bonchev–Trinajstić information content (AvgIpc) is 2.84. The van der Waals surface area contributed by atoms with Crippen LogP contribution in [0.2, 0.25) is 4.34 Å². The second-order valence-corrected chi connectivity index (χ2v) is 7.30. The van der Waals surface area contributed by atoms with Gasteiger partial charge in [-0.1, -0.05) is 11.6 Å². The molecule has 0 fully saturated rings. The van der Waals surface area contributed by atoms with Crippen LogP contribution in [0, 0.1) is 0 Å². The normalized spacial score (nSPS) is 10.6. The first kappa shape index (κ1) is 16.3. The van der Waals surface area contributed by atoms with E-state index in [9.17, 15) is 9.59 Å². The molecule has 112 valence electrons. The van der Waals surface area contributed by atoms with Crippen molar-refractivity contribution < 1.29 is 4.79 Å². The molecule has 0 spiro atoms. The van der Waals surface area contributed by atoms with Crippen molar-refractivity contribution in [2.24, 2.45) is 0 Å². The predicted octanol–water partition coefficient (Wildman–Crippen LogP) is 3.37. The van der Waals surface area contributed by atoms with E-state index in [1.165, 1.54) is 22.0 Å². The first-order valence-electron chi connectivity index (χ1n) is 6.30. The molecule has 0 saturated carbocycles. The summed E-state index contributed by atoms with van der Waals surface area (Å²) in [6.45, 7) is 0.899. The Morgan fingerprint density at radius 2 is 2.14 bits per heavy atom. The van der Waals surface area contributed by atoms with E-state index >= 15 is 0 Å². The summed E-state index contributed by atoms with van der Waals surface area (Å²) in [5, 5.41) is 0. The van der Waals surface area contributed by atoms with Crippen LogP contribution in [-0.2, 0) is 17.9 Å². The predicted molar refractivity (Wildman–Crippen MR) is 88.8 cm³/mol. The first-order valence-corrected chi connectivity index (χ1v) is 8.28. The standard InChI is InChI=1S/C14H14BrClN2O2S/c1-17(9-11-3-4-12(16)21-11)13(19)6-7-18-8-10(15)2-5-14(18)20/h2-5,8H,6-7,9H2,1H3. The molecule has 0 bridgehead atoms. The van der Waals surface area contributed by atoms with E-state index in [1.54, 1.807) is 24.2 Å². The Hall–Kier alpha value is -1.11. The quantitative estimate of drug-likeness (QED) is 0.787. The highest BCUT2D eigenvalue weighted by molar-refractivity contribution is 9.10. The lowest BCUT2D eigenvalue weighted by atomic mass is 10.3. The van der Waals surface area contributed by atoms with Crippen LogP contribution in [0.15, 0.2) is 39.7 Å². The highest BCUT2D eigenvalue weighted by Gasteiger charge is 2.11. The second-order valence-electron chi connectivity index (χ2n) is 4.58. The Morgan fingerprint density at radius 3 is 2.81 bits per heavy atom. The van der Waals surface area contributed by atoms with Crippen molar-refractivity contribution in [2.45, 2.75) is 19.5 Å². The van der Waals surface area contributed by atoms with Crippen LogP contribution in [0.1, 0.15) is 11.3 Å². The maximum absolute atomic E-state index is 12.1. The molecule has 2 rings (SSSR count). The average molecular weight is 390 g/mol. The highest BCUT2D eigenvalue weighted by atomic mass is 79.9. The van der Waals surface area contributed by atoms with E-state index < -0.39 is 0 Å². The van der Waals surface area contributed by atoms with Gasteiger partial charge in [0.1, 0.15) is 0 Å². The minimum absolute atomic E-state index is 0.00796. The lowest BCUT2D eigenvalue weighted by molar-refractivity contribution is -0.130. The number of halogens is 2. The first-order chi connectivity index (χ1) is 9.95. The van der Waals surface area contributed by atoms with E-state index in [2.05, 4.69) is 15.9 Å². The number of nitrogens with zero attached hydrogens (tertiary/aromatic N) is 2. The van der Waals surface area contributed by atoms with Gasteiger partial charge in [-0.2, -0.15) is 0 Å². The van der Waals surface area contributed by atoms with Gasteiger partial charge in [0.2, 0.25) is 5.91 Å². The second kappa shape index (κ2) is 7.24. The molecule has 0 aliphatic heterocycles. The van der Waals surface area contributed by atoms with Gasteiger partial charge in [0.15, 0.2) is 0 Å². The third kappa shape index (κ3) is 4.69. The lowest BCUT2D eigenvalue weighted by Gasteiger charge is -2.16. The summed E-state index contributed by atoms with van der Waals surface area (Å²) in [7, 11) is 1.75. The summed E-state index contributed by atoms with van der Waals surface area (Å²) in [5.41, 5.74) is -0.112. The number of aromatic nitrogens is 1. The molecule has 1 amide bonds. The zero-order valence-electron chi connectivity index (χ0n) is 11.4. The number of rotatable bonds is 5. The number of carbonyl (C=O) groups excluding carboxylic acids is 1. The summed E-state index contributed by atoms with van der Waals surface area (Å²) in [4.78, 5) is 26.4. The lowest BCUT2D eigenvalue weighted by Crippen LogP contribution is -2.28. The number of hydrogen-bond acceptors (Lipinski definition) is 3. The van der Waals surface area contributed by atoms with Crippen molar-refractivity contribution in [1.82, 2.24) is 9.47 Å². The Bertz CT molecular complexity index is 698. The number of amides is 1. The van der Waals surface area contributed by atoms with Gasteiger partial charge in [-0.15, -0.1) is 11.3 Å². The Labute approximate surface area is 140 Å². The van der Waals surface area contributed by atoms with Crippen LogP contribution < -0.4 is 5.56 Å². The molecule has 0 aliphatic rings. The monoisotopic (exact) mass is 388 g/mol. The molecule has 0 saturated heterocycles. The molecule has 2 aromatic heterocycles. The summed E-state index contributed by atoms with van der Waals surface area (Å²) < 4.78 is 3.06. The fourth-order valence-corrected chi connectivity index (χ4v) is 3.36. The van der Waals surface area contributed by atoms with E-state index in [-0.39, 0.29) is 17.9 Å². The van der Waals surface area contributed by atoms with Gasteiger partial charge in [0, 0.05) is 41.6 Å². The molecule has 0 radical (unpaired) electrons. The maximum atomic E-state index is 12.1. The van der Waals surface area contributed by atoms with Crippen molar-refractivity contribution in [1.29, 1.82) is 0 Å². The van der Waals surface area contributed by atoms with Crippen molar-refractivity contribution in [3.05, 3.63) is 54.5 Å². The maximum Gasteiger partial charge on any atom is 0.250 e. The Balaban J connectivity index is 1.92. The molecule has 0 unspecified atom stereocenters. The van der Waals surface area contributed by atoms with Crippen LogP contribution in [0.3, 0.4) is 0 Å². The van der Waals surface area contributed by atoms with E-state index in [4.69, 9.17) is 11.6 Å². The number of pyridine rings is 1. The number of thiophene rings is 1. The van der Waals surface area contributed by atoms with Gasteiger partial charge in [0.25, 0.3) is 5.56 Å². The van der Waals surface area contributed by atoms with Gasteiger partial charge in [0.05, 0.1) is 10.9 Å². The van der Waals surface area contributed by atoms with Crippen molar-refractivity contribution in [2.75, 3.05) is 7.05 Å². The third-order valence-electron chi connectivity index (χ3n) is 2.96. The van der Waals surface area contributed by atoms with Gasteiger partial charge in [-0.25, -0.2) is 0 Å². The van der Waals surface area contributed by atoms with E-state index in [0.717, 1.165) is 9.35 Å². The molecule has 0 atom stereocenters. The van der Waals surface area contributed by atoms with Crippen LogP contribution in [-0.4, -0.2) is 22.4 Å². The fraction of sp³-hybridized carbons (Fsp3) is 0.286. The highest BCUT2D eigenvalue weighted by Crippen LogP contribution is 2.22. The molecular formula is C14H14BrClN2O2S. The minimum atomic E-state index is -0.112. The molecule has 0 N–H and O–H groups in total. The van der Waals surface area contributed by atoms with E-state index in [0.29, 0.717) is 17.4 Å². The minimum Gasteiger partial charge on any atom is -0.341 e. The van der Waals surface area contributed by atoms with Crippen molar-refractivity contribution in [3.63, 3.8) is 0 Å². The number of aryl methyl sites for hydroxylation is 1. The van der Waals surface area contributed by atoms with E-state index in [1.807, 2.05) is 12.1 Å². The smallest absolute Gasteiger partial charge is 0.250 e. The van der Waals surface area contributed by atoms with Gasteiger partial charge in [-0.3, -0.25) is 9.59 Å². The van der Waals surface area contributed by atoms with Gasteiger partial charge in [-0.05, 0) is 34.1 Å². The molecule has 7 heteroatoms. The molecular weight excluding hydrogens is 376 g/mol. The van der Waals surface area contributed by atoms with Gasteiger partial charge < -0.3 is 9.47 Å². The number of carbonyl (C=O) groups is 1. The summed E-state index contributed by atoms with van der Waals surface area (Å²) in [6, 6.07) is 6.90. The molecule has 2 heterocycles. The Morgan fingerprint density at radius 1 is 1.38 bits per heavy atom. The molecule has 0 aromatic carbocycles. The molecule has 4 nitrogen and oxygen atoms in total. The topological polar surface area (TPSA) is 42.3 Å². The van der Waals surface area contributed by atoms with Crippen LogP contribution in [0.5, 0.6) is 0 Å². The third-order valence-corrected chi connectivity index (χ3v) is 4.65. The summed E-state index contributed by atoms with van der Waals surface area (Å²) in [6.07, 6.45) is 1.97. The van der Waals surface area contributed by atoms with Crippen LogP contribution in [0.4, 0.5) is 0 Å². The van der Waals surface area contributed by atoms with Crippen LogP contribution in [0.25, 0.3) is 0 Å². The fourth-order valence-electron chi connectivity index (χ4n) is 1.84. The van der Waals surface area contributed by atoms with Crippen molar-refractivity contribution >= 4 is 44.8 Å². The number of hydrogen-bond donors (Lipinski definition) is 0. The zero-order valence-corrected chi connectivity index (χ0v) is 14.5. The summed E-state index contributed by atoms with van der Waals surface area (Å²) >= 11 is 10.6. The zero-order chi connectivity index (χ0) is 15.4. The molecule has 21 heavy (non-hydrogen) atoms. The Kier molecular flexibility index (Phi) is 5.61. The molecule has 2 aromatic rings.